The van der Waals surface area contributed by atoms with Crippen molar-refractivity contribution in [1.29, 1.82) is 0 Å². The van der Waals surface area contributed by atoms with Crippen LogP contribution in [0.4, 0.5) is 5.69 Å². The molecule has 5 aromatic rings. The molecule has 101 heavy (non-hydrogen) atoms. The highest BCUT2D eigenvalue weighted by Crippen LogP contribution is 2.33. The number of piperazine rings is 1. The molecule has 34 nitrogen and oxygen atoms in total. The van der Waals surface area contributed by atoms with Crippen LogP contribution in [0.15, 0.2) is 72.9 Å². The van der Waals surface area contributed by atoms with Crippen LogP contribution in [0.5, 0.6) is 11.5 Å². The Kier molecular flexibility index (Phi) is 27.9. The number of ether oxygens (including phenoxy) is 1. The first kappa shape index (κ1) is 77.4. The van der Waals surface area contributed by atoms with Gasteiger partial charge in [-0.05, 0) is 99.8 Å². The van der Waals surface area contributed by atoms with Gasteiger partial charge in [0, 0.05) is 107 Å². The Morgan fingerprint density at radius 2 is 1.48 bits per heavy atom. The van der Waals surface area contributed by atoms with E-state index in [1.54, 1.807) is 30.0 Å². The average molecular weight is 1450 g/mol. The lowest BCUT2D eigenvalue weighted by atomic mass is 9.98. The van der Waals surface area contributed by atoms with E-state index in [0.717, 1.165) is 104 Å². The van der Waals surface area contributed by atoms with Gasteiger partial charge in [0.05, 0.1) is 67.8 Å². The Morgan fingerprint density at radius 3 is 2.16 bits per heavy atom. The van der Waals surface area contributed by atoms with E-state index in [4.69, 9.17) is 24.3 Å². The van der Waals surface area contributed by atoms with Gasteiger partial charge in [-0.25, -0.2) is 14.8 Å². The minimum absolute atomic E-state index is 0.0146. The third kappa shape index (κ3) is 19.9. The molecule has 6 heterocycles. The molecule has 0 aliphatic carbocycles. The molecule has 0 bridgehead atoms. The van der Waals surface area contributed by atoms with Crippen LogP contribution in [0, 0.1) is 5.92 Å². The number of phenols is 1. The molecule has 0 saturated carbocycles. The van der Waals surface area contributed by atoms with Crippen LogP contribution in [0.25, 0.3) is 26.8 Å². The number of nitrogens with one attached hydrogen (secondary N) is 6. The Bertz CT molecular complexity index is 3570. The second-order valence-corrected chi connectivity index (χ2v) is 27.1. The maximum absolute atomic E-state index is 15.0. The molecule has 0 spiro atoms. The normalized spacial score (nSPS) is 24.9. The van der Waals surface area contributed by atoms with Crippen LogP contribution in [0.1, 0.15) is 68.3 Å². The number of anilines is 1. The van der Waals surface area contributed by atoms with Gasteiger partial charge in [-0.2, -0.15) is 5.10 Å². The molecule has 4 fully saturated rings. The number of amides is 7. The number of carbonyl (C=O) groups is 7. The number of aromatic nitrogens is 3. The second-order valence-electron chi connectivity index (χ2n) is 25.7. The van der Waals surface area contributed by atoms with Crippen LogP contribution in [-0.4, -0.2) is 287 Å². The predicted molar refractivity (Wildman–Crippen MR) is 363 cm³/mol. The highest BCUT2D eigenvalue weighted by atomic mass is 32.2. The fourth-order valence-electron chi connectivity index (χ4n) is 12.7. The van der Waals surface area contributed by atoms with Crippen molar-refractivity contribution in [2.45, 2.75) is 138 Å². The predicted octanol–water partition coefficient (Wildman–Crippen LogP) is -2.59. The second kappa shape index (κ2) is 36.4. The van der Waals surface area contributed by atoms with Gasteiger partial charge in [0.25, 0.3) is 18.2 Å². The summed E-state index contributed by atoms with van der Waals surface area (Å²) in [6.45, 7) is 5.42. The van der Waals surface area contributed by atoms with E-state index in [1.165, 1.54) is 36.5 Å². The summed E-state index contributed by atoms with van der Waals surface area (Å²) in [6, 6.07) is 5.67. The Labute approximate surface area is 589 Å². The summed E-state index contributed by atoms with van der Waals surface area (Å²) in [5.74, 6) is -9.62. The van der Waals surface area contributed by atoms with Crippen molar-refractivity contribution in [2.24, 2.45) is 5.92 Å². The SMILES string of the molecule is COCCCCCN1CCN(c2ccc(-c3nn4cc(-c5ccc(C(=O)N[C@H]6C[C@@H](O)CNC(=O)[C@@H]7[C@@H](O)[C@@H](C)CN7C(=O)[C@H]([C@H](O)CCNC(CO)CO)NC(=O)[C@H]([C@H](O)Cc7ccc(O)c(OSOOO)c7)NC(=O)[C@@H]7C[C@@H](O)CN7C(=O)[C@H]([C@@H](C)O)NC6=O)cc5)nc4s3)cc2)CC1. The topological polar surface area (TPSA) is 474 Å². The van der Waals surface area contributed by atoms with Gasteiger partial charge >= 0.3 is 0 Å². The minimum atomic E-state index is -2.16. The van der Waals surface area contributed by atoms with Gasteiger partial charge < -0.3 is 101 Å². The third-order valence-electron chi connectivity index (χ3n) is 18.4. The van der Waals surface area contributed by atoms with Crippen molar-refractivity contribution < 1.29 is 103 Å². The van der Waals surface area contributed by atoms with Gasteiger partial charge in [0.15, 0.2) is 11.5 Å². The smallest absolute Gasteiger partial charge is 0.261 e. The van der Waals surface area contributed by atoms with E-state index >= 15 is 4.79 Å². The minimum Gasteiger partial charge on any atom is -0.504 e. The van der Waals surface area contributed by atoms with E-state index in [1.807, 2.05) is 12.1 Å². The van der Waals surface area contributed by atoms with E-state index in [2.05, 4.69) is 63.2 Å². The van der Waals surface area contributed by atoms with E-state index in [9.17, 15) is 74.7 Å². The Morgan fingerprint density at radius 1 is 0.782 bits per heavy atom. The molecule has 2 aromatic heterocycles. The van der Waals surface area contributed by atoms with E-state index in [0.29, 0.717) is 16.2 Å². The Hall–Kier alpha value is -7.76. The highest BCUT2D eigenvalue weighted by molar-refractivity contribution is 7.90. The molecule has 3 aromatic carbocycles. The molecule has 4 aliphatic rings. The first-order valence-corrected chi connectivity index (χ1v) is 34.8. The van der Waals surface area contributed by atoms with Crippen LogP contribution < -0.4 is 41.0 Å². The molecule has 0 unspecified atom stereocenters. The molecule has 13 atom stereocenters. The van der Waals surface area contributed by atoms with E-state index in [-0.39, 0.29) is 42.3 Å². The van der Waals surface area contributed by atoms with Crippen molar-refractivity contribution in [2.75, 3.05) is 90.7 Å². The molecular formula is C65H89N13O21S2. The number of aromatic hydroxyl groups is 1. The zero-order chi connectivity index (χ0) is 72.6. The molecule has 4 aliphatic heterocycles. The lowest BCUT2D eigenvalue weighted by molar-refractivity contribution is -0.433. The molecule has 4 saturated heterocycles. The fraction of sp³-hybridized carbons (Fsp3) is 0.554. The monoisotopic (exact) mass is 1450 g/mol. The summed E-state index contributed by atoms with van der Waals surface area (Å²) in [7, 11) is 1.73. The first-order valence-electron chi connectivity index (χ1n) is 33.3. The number of imidazole rings is 1. The van der Waals surface area contributed by atoms with Crippen molar-refractivity contribution in [3.8, 4) is 33.3 Å². The van der Waals surface area contributed by atoms with Gasteiger partial charge in [-0.15, -0.1) is 0 Å². The molecule has 552 valence electrons. The Balaban J connectivity index is 0.954. The molecular weight excluding hydrogens is 1360 g/mol. The lowest BCUT2D eigenvalue weighted by Crippen LogP contribution is -2.64. The number of fused-ring (bicyclic) bond motifs is 3. The maximum atomic E-state index is 15.0. The summed E-state index contributed by atoms with van der Waals surface area (Å²) in [5, 5.41) is 132. The number of aliphatic hydroxyl groups excluding tert-OH is 8. The number of β-amino-alcohol motifs (C(OH)–C–C–N with tert-alkyl or cyclic N) is 1. The van der Waals surface area contributed by atoms with Gasteiger partial charge in [-0.1, -0.05) is 45.8 Å². The average Bonchev–Trinajstić information content (AvgIpc) is 1.68. The van der Waals surface area contributed by atoms with Crippen LogP contribution in [0.2, 0.25) is 0 Å². The summed E-state index contributed by atoms with van der Waals surface area (Å²) in [5.41, 5.74) is 3.31. The molecule has 7 amide bonds. The standard InChI is InChI=1S/C65H89N13O21S2/c1-35-30-77-55(56(35)87)61(92)67-29-43(82)27-45(68-57(88)39-10-8-38(9-11-39)46-32-78-65(69-46)100-62(73-78)40-12-14-42(15-13-40)75-22-20-74(21-23-75)19-5-4-6-24-96-3)58(89)70-52(36(2)81)63(93)76-31-44(83)28-47(76)59(90)71-53(50(86)25-37-7-16-48(84)51(26-37)97-101-99-98-95)60(91)72-54(64(77)94)49(85)17-18-66-41(33-79)34-80/h7-16,26,32,35-36,41,43-45,47,49-50,52-56,66,79-87,95H,4-6,17-25,27-31,33-34H2,1-3H3,(H,67,92)(H,68,88)(H,70,89)(H,71,90)(H,72,91)/t35-,36+,43+,44+,45-,47-,49+,50+,52-,53-,54-,55-,56-/m0/s1. The quantitative estimate of drug-likeness (QED) is 0.0117. The van der Waals surface area contributed by atoms with Crippen molar-refractivity contribution in [3.63, 3.8) is 0 Å². The van der Waals surface area contributed by atoms with Gasteiger partial charge in [0.1, 0.15) is 41.3 Å². The van der Waals surface area contributed by atoms with Crippen LogP contribution in [-0.2, 0) is 49.3 Å². The summed E-state index contributed by atoms with van der Waals surface area (Å²) < 4.78 is 16.2. The molecule has 16 N–H and O–H groups in total. The van der Waals surface area contributed by atoms with Gasteiger partial charge in [0.2, 0.25) is 40.4 Å². The maximum Gasteiger partial charge on any atom is 0.261 e. The fourth-order valence-corrected chi connectivity index (χ4v) is 13.8. The number of phenolic OH excluding ortho intramolecular Hbond substituents is 1. The number of hydrogen-bond acceptors (Lipinski definition) is 28. The summed E-state index contributed by atoms with van der Waals surface area (Å²) in [4.78, 5) is 115. The van der Waals surface area contributed by atoms with Gasteiger partial charge in [-0.3, -0.25) is 38.5 Å². The van der Waals surface area contributed by atoms with Crippen molar-refractivity contribution >= 4 is 75.7 Å². The number of carbonyl (C=O) groups excluding carboxylic acids is 7. The number of nitrogens with zero attached hydrogens (tertiary/aromatic N) is 7. The van der Waals surface area contributed by atoms with E-state index < -0.39 is 184 Å². The number of aliphatic hydroxyl groups is 8. The number of benzene rings is 3. The highest BCUT2D eigenvalue weighted by Gasteiger charge is 2.50. The number of unbranched alkanes of at least 4 members (excludes halogenated alkanes) is 2. The molecule has 9 rings (SSSR count). The van der Waals surface area contributed by atoms with Crippen LogP contribution in [0.3, 0.4) is 0 Å². The first-order chi connectivity index (χ1) is 48.5. The van der Waals surface area contributed by atoms with Crippen molar-refractivity contribution in [3.05, 3.63) is 84.1 Å². The third-order valence-corrected chi connectivity index (χ3v) is 19.7. The van der Waals surface area contributed by atoms with Crippen LogP contribution >= 0.6 is 23.7 Å². The molecule has 36 heteroatoms. The summed E-state index contributed by atoms with van der Waals surface area (Å²) >= 11 is 1.46. The largest absolute Gasteiger partial charge is 0.504 e. The zero-order valence-electron chi connectivity index (χ0n) is 55.9. The number of methoxy groups -OCH3 is 1. The number of hydrogen-bond donors (Lipinski definition) is 16. The lowest BCUT2D eigenvalue weighted by Gasteiger charge is -2.36. The van der Waals surface area contributed by atoms with Crippen molar-refractivity contribution in [1.82, 2.24) is 61.2 Å². The zero-order valence-corrected chi connectivity index (χ0v) is 57.5. The summed E-state index contributed by atoms with van der Waals surface area (Å²) in [6.07, 6.45) is -7.57. The number of rotatable bonds is 26. The molecule has 0 radical (unpaired) electrons.